The molecule has 0 bridgehead atoms. The molecule has 0 saturated carbocycles. The number of hydrogen-bond donors (Lipinski definition) is 1. The van der Waals surface area contributed by atoms with Gasteiger partial charge in [0.2, 0.25) is 0 Å². The third kappa shape index (κ3) is 4.59. The van der Waals surface area contributed by atoms with E-state index in [0.29, 0.717) is 31.2 Å². The van der Waals surface area contributed by atoms with Crippen LogP contribution in [0.3, 0.4) is 0 Å². The van der Waals surface area contributed by atoms with Crippen LogP contribution in [0.1, 0.15) is 5.56 Å². The van der Waals surface area contributed by atoms with Crippen LogP contribution >= 0.6 is 23.2 Å². The van der Waals surface area contributed by atoms with E-state index >= 15 is 0 Å². The van der Waals surface area contributed by atoms with Gasteiger partial charge in [-0.3, -0.25) is 0 Å². The number of halogens is 5. The Morgan fingerprint density at radius 1 is 0.963 bits per heavy atom. The number of alkyl halides is 3. The summed E-state index contributed by atoms with van der Waals surface area (Å²) in [5.41, 5.74) is -0.0393. The quantitative estimate of drug-likeness (QED) is 0.712. The second kappa shape index (κ2) is 7.86. The topological polar surface area (TPSA) is 35.6 Å². The molecule has 1 aliphatic heterocycles. The summed E-state index contributed by atoms with van der Waals surface area (Å²) >= 11 is 11.8. The van der Waals surface area contributed by atoms with Gasteiger partial charge in [0.25, 0.3) is 0 Å². The van der Waals surface area contributed by atoms with Gasteiger partial charge in [-0.2, -0.15) is 13.2 Å². The first-order valence-corrected chi connectivity index (χ1v) is 8.93. The van der Waals surface area contributed by atoms with E-state index in [1.54, 1.807) is 11.0 Å². The maximum atomic E-state index is 12.9. The molecule has 1 N–H and O–H groups in total. The van der Waals surface area contributed by atoms with Crippen LogP contribution in [0.15, 0.2) is 42.5 Å². The summed E-state index contributed by atoms with van der Waals surface area (Å²) in [6.07, 6.45) is -4.58. The van der Waals surface area contributed by atoms with Crippen molar-refractivity contribution < 1.29 is 18.0 Å². The highest BCUT2D eigenvalue weighted by molar-refractivity contribution is 6.33. The number of rotatable bonds is 2. The number of urea groups is 1. The molecule has 1 fully saturated rings. The van der Waals surface area contributed by atoms with Gasteiger partial charge in [-0.15, -0.1) is 0 Å². The Hall–Kier alpha value is -2.12. The predicted octanol–water partition coefficient (Wildman–Crippen LogP) is 5.37. The van der Waals surface area contributed by atoms with Crippen molar-refractivity contribution in [1.82, 2.24) is 4.90 Å². The van der Waals surface area contributed by atoms with Crippen LogP contribution in [0.4, 0.5) is 29.3 Å². The largest absolute Gasteiger partial charge is 0.417 e. The number of nitrogens with one attached hydrogen (secondary N) is 1. The van der Waals surface area contributed by atoms with Gasteiger partial charge < -0.3 is 15.1 Å². The molecule has 1 saturated heterocycles. The number of carbonyl (C=O) groups excluding carboxylic acids is 1. The first kappa shape index (κ1) is 19.6. The highest BCUT2D eigenvalue weighted by Gasteiger charge is 2.33. The van der Waals surface area contributed by atoms with Crippen molar-refractivity contribution in [1.29, 1.82) is 0 Å². The molecular weight excluding hydrogens is 402 g/mol. The molecule has 144 valence electrons. The minimum atomic E-state index is -4.58. The Kier molecular flexibility index (Phi) is 5.72. The number of hydrogen-bond acceptors (Lipinski definition) is 2. The molecule has 9 heteroatoms. The van der Waals surface area contributed by atoms with Crippen LogP contribution in [0, 0.1) is 0 Å². The van der Waals surface area contributed by atoms with E-state index in [0.717, 1.165) is 17.8 Å². The lowest BCUT2D eigenvalue weighted by Gasteiger charge is -2.36. The van der Waals surface area contributed by atoms with Crippen LogP contribution in [-0.2, 0) is 6.18 Å². The predicted molar refractivity (Wildman–Crippen MR) is 101 cm³/mol. The van der Waals surface area contributed by atoms with Gasteiger partial charge in [0.15, 0.2) is 0 Å². The number of benzene rings is 2. The molecule has 0 unspecified atom stereocenters. The monoisotopic (exact) mass is 417 g/mol. The SMILES string of the molecule is O=C(Nc1ccc(Cl)c(C(F)(F)F)c1)N1CCN(c2ccccc2Cl)CC1. The average Bonchev–Trinajstić information content (AvgIpc) is 2.63. The van der Waals surface area contributed by atoms with Crippen LogP contribution in [0.5, 0.6) is 0 Å². The normalized spacial score (nSPS) is 15.0. The Labute approximate surface area is 164 Å². The molecule has 0 aromatic heterocycles. The zero-order valence-electron chi connectivity index (χ0n) is 14.1. The molecule has 1 aliphatic rings. The van der Waals surface area contributed by atoms with Crippen LogP contribution in [0.25, 0.3) is 0 Å². The van der Waals surface area contributed by atoms with Gasteiger partial charge in [0.05, 0.1) is 21.3 Å². The number of para-hydroxylation sites is 1. The van der Waals surface area contributed by atoms with E-state index in [1.165, 1.54) is 6.07 Å². The summed E-state index contributed by atoms with van der Waals surface area (Å²) < 4.78 is 38.8. The van der Waals surface area contributed by atoms with Crippen molar-refractivity contribution in [3.8, 4) is 0 Å². The number of carbonyl (C=O) groups is 1. The van der Waals surface area contributed by atoms with Gasteiger partial charge in [-0.1, -0.05) is 35.3 Å². The minimum Gasteiger partial charge on any atom is -0.367 e. The molecule has 1 heterocycles. The van der Waals surface area contributed by atoms with Crippen molar-refractivity contribution in [2.24, 2.45) is 0 Å². The van der Waals surface area contributed by atoms with Crippen LogP contribution in [0.2, 0.25) is 10.0 Å². The molecular formula is C18H16Cl2F3N3O. The smallest absolute Gasteiger partial charge is 0.367 e. The van der Waals surface area contributed by atoms with Gasteiger partial charge in [-0.05, 0) is 30.3 Å². The molecule has 0 spiro atoms. The Balaban J connectivity index is 1.63. The summed E-state index contributed by atoms with van der Waals surface area (Å²) in [7, 11) is 0. The molecule has 2 aromatic rings. The van der Waals surface area contributed by atoms with E-state index in [-0.39, 0.29) is 5.69 Å². The Morgan fingerprint density at radius 2 is 1.63 bits per heavy atom. The molecule has 4 nitrogen and oxygen atoms in total. The highest BCUT2D eigenvalue weighted by atomic mass is 35.5. The molecule has 27 heavy (non-hydrogen) atoms. The van der Waals surface area contributed by atoms with E-state index < -0.39 is 22.8 Å². The number of amides is 2. The third-order valence-electron chi connectivity index (χ3n) is 4.28. The van der Waals surface area contributed by atoms with E-state index in [1.807, 2.05) is 18.2 Å². The van der Waals surface area contributed by atoms with Crippen molar-refractivity contribution in [3.63, 3.8) is 0 Å². The number of nitrogens with zero attached hydrogens (tertiary/aromatic N) is 2. The van der Waals surface area contributed by atoms with E-state index in [9.17, 15) is 18.0 Å². The molecule has 2 amide bonds. The van der Waals surface area contributed by atoms with E-state index in [2.05, 4.69) is 10.2 Å². The van der Waals surface area contributed by atoms with Crippen LogP contribution < -0.4 is 10.2 Å². The van der Waals surface area contributed by atoms with Crippen molar-refractivity contribution >= 4 is 40.6 Å². The first-order valence-electron chi connectivity index (χ1n) is 8.18. The second-order valence-electron chi connectivity index (χ2n) is 6.05. The lowest BCUT2D eigenvalue weighted by atomic mass is 10.2. The van der Waals surface area contributed by atoms with Gasteiger partial charge >= 0.3 is 12.2 Å². The summed E-state index contributed by atoms with van der Waals surface area (Å²) in [5.74, 6) is 0. The first-order chi connectivity index (χ1) is 12.8. The highest BCUT2D eigenvalue weighted by Crippen LogP contribution is 2.36. The van der Waals surface area contributed by atoms with Gasteiger partial charge in [0.1, 0.15) is 0 Å². The summed E-state index contributed by atoms with van der Waals surface area (Å²) in [5, 5.41) is 2.73. The fourth-order valence-corrected chi connectivity index (χ4v) is 3.36. The Morgan fingerprint density at radius 3 is 2.26 bits per heavy atom. The molecule has 3 rings (SSSR count). The fourth-order valence-electron chi connectivity index (χ4n) is 2.88. The molecule has 0 atom stereocenters. The lowest BCUT2D eigenvalue weighted by molar-refractivity contribution is -0.137. The van der Waals surface area contributed by atoms with Gasteiger partial charge in [-0.25, -0.2) is 4.79 Å². The van der Waals surface area contributed by atoms with Crippen LogP contribution in [-0.4, -0.2) is 37.1 Å². The zero-order valence-corrected chi connectivity index (χ0v) is 15.6. The molecule has 0 aliphatic carbocycles. The maximum Gasteiger partial charge on any atom is 0.417 e. The summed E-state index contributed by atoms with van der Waals surface area (Å²) in [6, 6.07) is 10.3. The standard InChI is InChI=1S/C18H16Cl2F3N3O/c19-14-6-5-12(11-13(14)18(21,22)23)24-17(27)26-9-7-25(8-10-26)16-4-2-1-3-15(16)20/h1-6,11H,7-10H2,(H,24,27). The molecule has 2 aromatic carbocycles. The average molecular weight is 418 g/mol. The van der Waals surface area contributed by atoms with Gasteiger partial charge in [0, 0.05) is 31.9 Å². The third-order valence-corrected chi connectivity index (χ3v) is 4.93. The number of anilines is 2. The maximum absolute atomic E-state index is 12.9. The van der Waals surface area contributed by atoms with E-state index in [4.69, 9.17) is 23.2 Å². The van der Waals surface area contributed by atoms with Crippen molar-refractivity contribution in [2.45, 2.75) is 6.18 Å². The van der Waals surface area contributed by atoms with Crippen molar-refractivity contribution in [3.05, 3.63) is 58.1 Å². The summed E-state index contributed by atoms with van der Waals surface area (Å²) in [4.78, 5) is 16.0. The Bertz CT molecular complexity index is 837. The fraction of sp³-hybridized carbons (Fsp3) is 0.278. The second-order valence-corrected chi connectivity index (χ2v) is 6.86. The lowest BCUT2D eigenvalue weighted by Crippen LogP contribution is -2.50. The zero-order chi connectivity index (χ0) is 19.6. The molecule has 0 radical (unpaired) electrons. The number of piperazine rings is 1. The minimum absolute atomic E-state index is 0.0465. The summed E-state index contributed by atoms with van der Waals surface area (Å²) in [6.45, 7) is 2.00. The van der Waals surface area contributed by atoms with Crippen molar-refractivity contribution in [2.75, 3.05) is 36.4 Å².